The van der Waals surface area contributed by atoms with Gasteiger partial charge in [-0.05, 0) is 52.9 Å². The summed E-state index contributed by atoms with van der Waals surface area (Å²) >= 11 is 0. The lowest BCUT2D eigenvalue weighted by Gasteiger charge is -2.17. The Bertz CT molecular complexity index is 1740. The van der Waals surface area contributed by atoms with Crippen LogP contribution in [0, 0.1) is 5.41 Å². The van der Waals surface area contributed by atoms with Crippen LogP contribution in [0.25, 0.3) is 55.4 Å². The Labute approximate surface area is 213 Å². The molecule has 7 nitrogen and oxygen atoms in total. The summed E-state index contributed by atoms with van der Waals surface area (Å²) in [5.41, 5.74) is 8.38. The molecule has 184 valence electrons. The Morgan fingerprint density at radius 1 is 0.946 bits per heavy atom. The number of carbonyl (C=O) groups excluding carboxylic acids is 1. The van der Waals surface area contributed by atoms with Gasteiger partial charge in [0.05, 0.1) is 35.6 Å². The van der Waals surface area contributed by atoms with Crippen molar-refractivity contribution in [3.8, 4) is 33.6 Å². The van der Waals surface area contributed by atoms with E-state index in [0.717, 1.165) is 55.4 Å². The van der Waals surface area contributed by atoms with Crippen LogP contribution in [-0.2, 0) is 4.79 Å². The number of hydrogen-bond acceptors (Lipinski definition) is 4. The fourth-order valence-corrected chi connectivity index (χ4v) is 4.70. The van der Waals surface area contributed by atoms with E-state index in [1.54, 1.807) is 24.9 Å². The third-order valence-corrected chi connectivity index (χ3v) is 6.36. The highest BCUT2D eigenvalue weighted by Gasteiger charge is 2.17. The zero-order valence-electron chi connectivity index (χ0n) is 20.9. The fourth-order valence-electron chi connectivity index (χ4n) is 4.70. The molecule has 6 rings (SSSR count). The second-order valence-corrected chi connectivity index (χ2v) is 10.5. The van der Waals surface area contributed by atoms with Crippen LogP contribution in [0.4, 0.5) is 5.69 Å². The van der Waals surface area contributed by atoms with Gasteiger partial charge in [0.25, 0.3) is 0 Å². The number of amides is 1. The predicted octanol–water partition coefficient (Wildman–Crippen LogP) is 7.41. The molecule has 4 aromatic heterocycles. The lowest BCUT2D eigenvalue weighted by atomic mass is 9.92. The number of pyridine rings is 1. The molecule has 4 heterocycles. The number of nitrogens with one attached hydrogen (secondary N) is 3. The number of hydrogen-bond donors (Lipinski definition) is 3. The van der Waals surface area contributed by atoms with Gasteiger partial charge in [-0.2, -0.15) is 5.10 Å². The molecule has 0 unspecified atom stereocenters. The standard InChI is InChI=1S/C30H27N5O2/c1-30(2,3)14-28(36)32-21-11-20(15-31-16-21)18-7-8-26-24(12-18)29(35-34-26)27-13-23-22(19-9-10-37-17-19)5-4-6-25(23)33-27/h4-13,15-17,33H,14H2,1-3H3,(H,32,36)(H,34,35). The third-order valence-electron chi connectivity index (χ3n) is 6.36. The van der Waals surface area contributed by atoms with Gasteiger partial charge in [0.15, 0.2) is 0 Å². The normalized spacial score (nSPS) is 11.9. The highest BCUT2D eigenvalue weighted by atomic mass is 16.3. The van der Waals surface area contributed by atoms with Crippen molar-refractivity contribution in [2.45, 2.75) is 27.2 Å². The Kier molecular flexibility index (Phi) is 5.41. The summed E-state index contributed by atoms with van der Waals surface area (Å²) in [7, 11) is 0. The maximum Gasteiger partial charge on any atom is 0.224 e. The van der Waals surface area contributed by atoms with Gasteiger partial charge >= 0.3 is 0 Å². The Hall–Kier alpha value is -4.65. The molecular weight excluding hydrogens is 462 g/mol. The zero-order chi connectivity index (χ0) is 25.6. The first kappa shape index (κ1) is 22.8. The molecule has 0 fully saturated rings. The van der Waals surface area contributed by atoms with E-state index >= 15 is 0 Å². The van der Waals surface area contributed by atoms with Crippen LogP contribution in [0.5, 0.6) is 0 Å². The molecule has 1 amide bonds. The number of carbonyl (C=O) groups is 1. The predicted molar refractivity (Wildman–Crippen MR) is 147 cm³/mol. The van der Waals surface area contributed by atoms with E-state index in [1.165, 1.54) is 0 Å². The highest BCUT2D eigenvalue weighted by molar-refractivity contribution is 6.02. The van der Waals surface area contributed by atoms with E-state index in [-0.39, 0.29) is 11.3 Å². The van der Waals surface area contributed by atoms with Crippen molar-refractivity contribution >= 4 is 33.4 Å². The minimum atomic E-state index is -0.0836. The van der Waals surface area contributed by atoms with Gasteiger partial charge in [-0.25, -0.2) is 0 Å². The Morgan fingerprint density at radius 3 is 2.65 bits per heavy atom. The van der Waals surface area contributed by atoms with Crippen molar-refractivity contribution in [1.29, 1.82) is 0 Å². The van der Waals surface area contributed by atoms with E-state index < -0.39 is 0 Å². The third kappa shape index (κ3) is 4.51. The van der Waals surface area contributed by atoms with Gasteiger partial charge < -0.3 is 14.7 Å². The first-order valence-electron chi connectivity index (χ1n) is 12.2. The second-order valence-electron chi connectivity index (χ2n) is 10.5. The molecule has 0 atom stereocenters. The number of aromatic amines is 2. The van der Waals surface area contributed by atoms with Crippen LogP contribution in [0.15, 0.2) is 83.9 Å². The molecule has 0 aliphatic carbocycles. The summed E-state index contributed by atoms with van der Waals surface area (Å²) in [5, 5.41) is 12.9. The minimum Gasteiger partial charge on any atom is -0.472 e. The average Bonchev–Trinajstić information content (AvgIpc) is 3.61. The van der Waals surface area contributed by atoms with Gasteiger partial charge in [0.1, 0.15) is 5.69 Å². The SMILES string of the molecule is CC(C)(C)CC(=O)Nc1cncc(-c2ccc3[nH]nc(-c4cc5c(-c6ccoc6)cccc5[nH]4)c3c2)c1. The molecule has 0 radical (unpaired) electrons. The van der Waals surface area contributed by atoms with Crippen LogP contribution in [-0.4, -0.2) is 26.1 Å². The van der Waals surface area contributed by atoms with Crippen LogP contribution >= 0.6 is 0 Å². The van der Waals surface area contributed by atoms with Crippen molar-refractivity contribution < 1.29 is 9.21 Å². The van der Waals surface area contributed by atoms with Crippen molar-refractivity contribution in [3.05, 3.63) is 79.5 Å². The summed E-state index contributed by atoms with van der Waals surface area (Å²) in [6, 6.07) is 18.4. The topological polar surface area (TPSA) is 99.6 Å². The first-order valence-corrected chi connectivity index (χ1v) is 12.2. The second kappa shape index (κ2) is 8.78. The van der Waals surface area contributed by atoms with Crippen molar-refractivity contribution in [2.75, 3.05) is 5.32 Å². The summed E-state index contributed by atoms with van der Waals surface area (Å²) in [4.78, 5) is 20.3. The average molecular weight is 490 g/mol. The molecule has 0 aliphatic rings. The van der Waals surface area contributed by atoms with E-state index in [2.05, 4.69) is 49.7 Å². The molecule has 0 saturated heterocycles. The summed E-state index contributed by atoms with van der Waals surface area (Å²) < 4.78 is 5.30. The van der Waals surface area contributed by atoms with E-state index in [9.17, 15) is 4.79 Å². The van der Waals surface area contributed by atoms with E-state index in [1.807, 2.05) is 51.1 Å². The number of fused-ring (bicyclic) bond motifs is 2. The van der Waals surface area contributed by atoms with Crippen LogP contribution < -0.4 is 5.32 Å². The summed E-state index contributed by atoms with van der Waals surface area (Å²) in [6.07, 6.45) is 7.36. The van der Waals surface area contributed by atoms with Crippen LogP contribution in [0.1, 0.15) is 27.2 Å². The number of nitrogens with zero attached hydrogens (tertiary/aromatic N) is 2. The quantitative estimate of drug-likeness (QED) is 0.235. The number of aromatic nitrogens is 4. The number of rotatable bonds is 5. The molecule has 6 aromatic rings. The molecule has 0 aliphatic heterocycles. The molecule has 0 spiro atoms. The maximum atomic E-state index is 12.4. The number of H-pyrrole nitrogens is 2. The van der Waals surface area contributed by atoms with Crippen LogP contribution in [0.3, 0.4) is 0 Å². The van der Waals surface area contributed by atoms with Gasteiger partial charge in [-0.15, -0.1) is 0 Å². The lowest BCUT2D eigenvalue weighted by molar-refractivity contribution is -0.117. The molecule has 2 aromatic carbocycles. The Morgan fingerprint density at radius 2 is 1.84 bits per heavy atom. The summed E-state index contributed by atoms with van der Waals surface area (Å²) in [6.45, 7) is 6.14. The first-order chi connectivity index (χ1) is 17.8. The van der Waals surface area contributed by atoms with E-state index in [0.29, 0.717) is 12.1 Å². The van der Waals surface area contributed by atoms with Gasteiger partial charge in [0.2, 0.25) is 5.91 Å². The molecular formula is C30H27N5O2. The van der Waals surface area contributed by atoms with Crippen molar-refractivity contribution in [3.63, 3.8) is 0 Å². The van der Waals surface area contributed by atoms with Gasteiger partial charge in [0, 0.05) is 40.0 Å². The van der Waals surface area contributed by atoms with Crippen LogP contribution in [0.2, 0.25) is 0 Å². The zero-order valence-corrected chi connectivity index (χ0v) is 20.9. The Balaban J connectivity index is 1.36. The summed E-state index contributed by atoms with van der Waals surface area (Å²) in [5.74, 6) is -0.0207. The highest BCUT2D eigenvalue weighted by Crippen LogP contribution is 2.35. The van der Waals surface area contributed by atoms with Gasteiger partial charge in [-0.3, -0.25) is 14.9 Å². The molecule has 7 heteroatoms. The lowest BCUT2D eigenvalue weighted by Crippen LogP contribution is -2.19. The smallest absolute Gasteiger partial charge is 0.224 e. The minimum absolute atomic E-state index is 0.0207. The van der Waals surface area contributed by atoms with Crippen molar-refractivity contribution in [1.82, 2.24) is 20.2 Å². The fraction of sp³-hybridized carbons (Fsp3) is 0.167. The molecule has 0 saturated carbocycles. The van der Waals surface area contributed by atoms with Crippen molar-refractivity contribution in [2.24, 2.45) is 5.41 Å². The maximum absolute atomic E-state index is 12.4. The monoisotopic (exact) mass is 489 g/mol. The number of anilines is 1. The van der Waals surface area contributed by atoms with Gasteiger partial charge in [-0.1, -0.05) is 39.0 Å². The molecule has 37 heavy (non-hydrogen) atoms. The molecule has 3 N–H and O–H groups in total. The number of benzene rings is 2. The molecule has 0 bridgehead atoms. The van der Waals surface area contributed by atoms with E-state index in [4.69, 9.17) is 4.42 Å². The number of furan rings is 1. The largest absolute Gasteiger partial charge is 0.472 e.